The molecule has 3 aromatic carbocycles. The first-order valence-electron chi connectivity index (χ1n) is 8.20. The summed E-state index contributed by atoms with van der Waals surface area (Å²) >= 11 is 5.28. The van der Waals surface area contributed by atoms with E-state index in [4.69, 9.17) is 11.6 Å². The smallest absolute Gasteiger partial charge is 0.188 e. The summed E-state index contributed by atoms with van der Waals surface area (Å²) in [6.45, 7) is 0. The van der Waals surface area contributed by atoms with Crippen LogP contribution in [-0.4, -0.2) is 11.8 Å². The van der Waals surface area contributed by atoms with Gasteiger partial charge < -0.3 is 0 Å². The maximum absolute atomic E-state index is 14.4. The minimum absolute atomic E-state index is 0.0231. The molecule has 1 aliphatic rings. The van der Waals surface area contributed by atoms with Crippen molar-refractivity contribution < 1.29 is 17.6 Å². The zero-order chi connectivity index (χ0) is 20.0. The number of nitrogens with zero attached hydrogens (tertiary/aromatic N) is 3. The number of rotatable bonds is 2. The summed E-state index contributed by atoms with van der Waals surface area (Å²) in [7, 11) is 0. The van der Waals surface area contributed by atoms with E-state index < -0.39 is 40.0 Å². The van der Waals surface area contributed by atoms with E-state index in [2.05, 4.69) is 5.10 Å². The normalized spacial score (nSPS) is 16.4. The van der Waals surface area contributed by atoms with Crippen molar-refractivity contribution in [3.05, 3.63) is 76.3 Å². The van der Waals surface area contributed by atoms with E-state index in [1.54, 1.807) is 12.1 Å². The number of nitriles is 1. The second kappa shape index (κ2) is 6.80. The fourth-order valence-electron chi connectivity index (χ4n) is 3.25. The van der Waals surface area contributed by atoms with Gasteiger partial charge in [-0.25, -0.2) is 22.6 Å². The molecule has 0 aromatic heterocycles. The fourth-order valence-corrected chi connectivity index (χ4v) is 3.42. The van der Waals surface area contributed by atoms with Crippen LogP contribution in [0.4, 0.5) is 23.2 Å². The molecule has 0 aliphatic carbocycles. The number of halogens is 5. The van der Waals surface area contributed by atoms with E-state index in [-0.39, 0.29) is 6.42 Å². The zero-order valence-electron chi connectivity index (χ0n) is 14.1. The van der Waals surface area contributed by atoms with Crippen LogP contribution in [0.2, 0.25) is 5.02 Å². The number of hydrazone groups is 1. The van der Waals surface area contributed by atoms with Crippen molar-refractivity contribution in [3.8, 4) is 6.07 Å². The van der Waals surface area contributed by atoms with Crippen LogP contribution in [0.3, 0.4) is 0 Å². The molecule has 3 aromatic rings. The monoisotopic (exact) mass is 403 g/mol. The van der Waals surface area contributed by atoms with Crippen LogP contribution < -0.4 is 5.01 Å². The topological polar surface area (TPSA) is 39.4 Å². The molecule has 140 valence electrons. The number of benzene rings is 3. The molecule has 0 fully saturated rings. The minimum atomic E-state index is -1.74. The lowest BCUT2D eigenvalue weighted by Crippen LogP contribution is -2.27. The van der Waals surface area contributed by atoms with Crippen LogP contribution in [0.15, 0.2) is 47.6 Å². The van der Waals surface area contributed by atoms with Crippen LogP contribution >= 0.6 is 11.6 Å². The third-order valence-electron chi connectivity index (χ3n) is 4.58. The molecule has 28 heavy (non-hydrogen) atoms. The summed E-state index contributed by atoms with van der Waals surface area (Å²) < 4.78 is 56.5. The average Bonchev–Trinajstić information content (AvgIpc) is 3.14. The number of hydrogen-bond donors (Lipinski definition) is 0. The van der Waals surface area contributed by atoms with Crippen molar-refractivity contribution in [1.82, 2.24) is 0 Å². The molecule has 1 atom stereocenters. The summed E-state index contributed by atoms with van der Waals surface area (Å²) in [4.78, 5) is 0. The SMILES string of the molecule is N#CC1CC(c2cccc3ccccc23)=NN1c1c(F)c(F)c(Cl)c(F)c1F. The third-order valence-corrected chi connectivity index (χ3v) is 4.91. The van der Waals surface area contributed by atoms with E-state index in [9.17, 15) is 22.8 Å². The van der Waals surface area contributed by atoms with Gasteiger partial charge in [0.05, 0.1) is 11.8 Å². The van der Waals surface area contributed by atoms with Crippen molar-refractivity contribution in [1.29, 1.82) is 5.26 Å². The molecule has 1 aliphatic heterocycles. The average molecular weight is 404 g/mol. The van der Waals surface area contributed by atoms with E-state index in [1.165, 1.54) is 0 Å². The first-order chi connectivity index (χ1) is 13.4. The van der Waals surface area contributed by atoms with Gasteiger partial charge in [-0.15, -0.1) is 0 Å². The molecule has 1 unspecified atom stereocenters. The second-order valence-electron chi connectivity index (χ2n) is 6.19. The fraction of sp³-hybridized carbons (Fsp3) is 0.100. The zero-order valence-corrected chi connectivity index (χ0v) is 14.8. The maximum Gasteiger partial charge on any atom is 0.188 e. The third kappa shape index (κ3) is 2.69. The first kappa shape index (κ1) is 18.3. The second-order valence-corrected chi connectivity index (χ2v) is 6.56. The molecular formula is C20H10ClF4N3. The Morgan fingerprint density at radius 3 is 2.29 bits per heavy atom. The molecule has 0 radical (unpaired) electrons. The van der Waals surface area contributed by atoms with Crippen molar-refractivity contribution in [3.63, 3.8) is 0 Å². The van der Waals surface area contributed by atoms with Crippen LogP contribution in [0.25, 0.3) is 10.8 Å². The lowest BCUT2D eigenvalue weighted by atomic mass is 9.98. The molecule has 0 amide bonds. The van der Waals surface area contributed by atoms with Gasteiger partial charge in [-0.3, -0.25) is 0 Å². The van der Waals surface area contributed by atoms with Crippen LogP contribution in [-0.2, 0) is 0 Å². The van der Waals surface area contributed by atoms with Gasteiger partial charge in [-0.1, -0.05) is 54.1 Å². The van der Waals surface area contributed by atoms with Gasteiger partial charge in [-0.05, 0) is 10.8 Å². The number of hydrogen-bond acceptors (Lipinski definition) is 3. The summed E-state index contributed by atoms with van der Waals surface area (Å²) in [5, 5.41) is 14.7. The van der Waals surface area contributed by atoms with E-state index in [0.717, 1.165) is 10.8 Å². The first-order valence-corrected chi connectivity index (χ1v) is 8.57. The predicted octanol–water partition coefficient (Wildman–Crippen LogP) is 5.56. The number of fused-ring (bicyclic) bond motifs is 1. The highest BCUT2D eigenvalue weighted by molar-refractivity contribution is 6.31. The minimum Gasteiger partial charge on any atom is -0.241 e. The van der Waals surface area contributed by atoms with Crippen molar-refractivity contribution >= 4 is 33.8 Å². The lowest BCUT2D eigenvalue weighted by molar-refractivity contribution is 0.451. The Morgan fingerprint density at radius 1 is 0.964 bits per heavy atom. The molecular weight excluding hydrogens is 394 g/mol. The molecule has 0 N–H and O–H groups in total. The summed E-state index contributed by atoms with van der Waals surface area (Å²) in [5.41, 5.74) is -0.0457. The Labute approximate surface area is 162 Å². The number of anilines is 1. The quantitative estimate of drug-likeness (QED) is 0.319. The summed E-state index contributed by atoms with van der Waals surface area (Å²) in [6, 6.07) is 13.6. The Balaban J connectivity index is 1.90. The molecule has 1 heterocycles. The molecule has 0 bridgehead atoms. The van der Waals surface area contributed by atoms with Crippen molar-refractivity contribution in [2.45, 2.75) is 12.5 Å². The maximum atomic E-state index is 14.4. The van der Waals surface area contributed by atoms with Gasteiger partial charge in [-0.2, -0.15) is 10.4 Å². The standard InChI is InChI=1S/C20H10ClF4N3/c21-15-16(22)18(24)20(19(25)17(15)23)28-11(9-26)8-14(27-28)13-7-3-5-10-4-1-2-6-12(10)13/h1-7,11H,8H2. The van der Waals surface area contributed by atoms with Gasteiger partial charge in [0, 0.05) is 12.0 Å². The molecule has 0 spiro atoms. The van der Waals surface area contributed by atoms with Crippen molar-refractivity contribution in [2.24, 2.45) is 5.10 Å². The summed E-state index contributed by atoms with van der Waals surface area (Å²) in [6.07, 6.45) is 0.0231. The van der Waals surface area contributed by atoms with Gasteiger partial charge in [0.1, 0.15) is 16.8 Å². The lowest BCUT2D eigenvalue weighted by Gasteiger charge is -2.20. The van der Waals surface area contributed by atoms with E-state index in [0.29, 0.717) is 16.3 Å². The van der Waals surface area contributed by atoms with Crippen LogP contribution in [0.1, 0.15) is 12.0 Å². The van der Waals surface area contributed by atoms with Crippen molar-refractivity contribution in [2.75, 3.05) is 5.01 Å². The molecule has 0 saturated carbocycles. The molecule has 8 heteroatoms. The van der Waals surface area contributed by atoms with Crippen LogP contribution in [0.5, 0.6) is 0 Å². The molecule has 4 rings (SSSR count). The predicted molar refractivity (Wildman–Crippen MR) is 98.3 cm³/mol. The Morgan fingerprint density at radius 2 is 1.61 bits per heavy atom. The Hall–Kier alpha value is -3.11. The Kier molecular flexibility index (Phi) is 4.44. The molecule has 3 nitrogen and oxygen atoms in total. The molecule has 0 saturated heterocycles. The largest absolute Gasteiger partial charge is 0.241 e. The van der Waals surface area contributed by atoms with Gasteiger partial charge in [0.2, 0.25) is 0 Å². The van der Waals surface area contributed by atoms with Crippen LogP contribution in [0, 0.1) is 34.6 Å². The Bertz CT molecular complexity index is 1150. The highest BCUT2D eigenvalue weighted by Crippen LogP contribution is 2.37. The van der Waals surface area contributed by atoms with Gasteiger partial charge in [0.25, 0.3) is 0 Å². The van der Waals surface area contributed by atoms with Gasteiger partial charge >= 0.3 is 0 Å². The highest BCUT2D eigenvalue weighted by atomic mass is 35.5. The van der Waals surface area contributed by atoms with Gasteiger partial charge in [0.15, 0.2) is 23.3 Å². The highest BCUT2D eigenvalue weighted by Gasteiger charge is 2.36. The van der Waals surface area contributed by atoms with E-state index in [1.807, 2.05) is 36.4 Å². The summed E-state index contributed by atoms with van der Waals surface area (Å²) in [5.74, 6) is -6.87. The van der Waals surface area contributed by atoms with E-state index >= 15 is 0 Å².